The molecule has 4 nitrogen and oxygen atoms in total. The Kier molecular flexibility index (Phi) is 10.9. The van der Waals surface area contributed by atoms with E-state index in [0.717, 1.165) is 25.6 Å². The first kappa shape index (κ1) is 19.7. The molecule has 1 aliphatic rings. The predicted octanol–water partition coefficient (Wildman–Crippen LogP) is 3.30. The molecule has 0 spiro atoms. The highest BCUT2D eigenvalue weighted by molar-refractivity contribution is 14.0. The number of unbranched alkanes of at least 4 members (excludes halogenated alkanes) is 1. The smallest absolute Gasteiger partial charge is 0.191 e. The molecule has 0 bridgehead atoms. The van der Waals surface area contributed by atoms with Crippen molar-refractivity contribution in [2.24, 2.45) is 4.99 Å². The highest BCUT2D eigenvalue weighted by Gasteiger charge is 2.09. The number of rotatable bonds is 8. The van der Waals surface area contributed by atoms with E-state index >= 15 is 0 Å². The van der Waals surface area contributed by atoms with Gasteiger partial charge in [-0.15, -0.1) is 24.0 Å². The fraction of sp³-hybridized carbons (Fsp3) is 0.688. The molecule has 0 unspecified atom stereocenters. The normalized spacial score (nSPS) is 15.6. The highest BCUT2D eigenvalue weighted by Crippen LogP contribution is 2.08. The molecule has 1 aromatic rings. The van der Waals surface area contributed by atoms with E-state index in [1.807, 2.05) is 0 Å². The van der Waals surface area contributed by atoms with Crippen molar-refractivity contribution in [2.75, 3.05) is 32.7 Å². The lowest BCUT2D eigenvalue weighted by molar-refractivity contribution is 0.330. The number of hydrogen-bond donors (Lipinski definition) is 2. The minimum absolute atomic E-state index is 0. The minimum atomic E-state index is 0. The number of aliphatic imine (C=N–C) groups is 1. The maximum atomic E-state index is 4.62. The molecule has 0 aliphatic carbocycles. The molecule has 0 atom stereocenters. The van der Waals surface area contributed by atoms with Crippen molar-refractivity contribution in [1.82, 2.24) is 15.5 Å². The molecule has 1 aliphatic heterocycles. The van der Waals surface area contributed by atoms with Gasteiger partial charge in [-0.1, -0.05) is 0 Å². The van der Waals surface area contributed by atoms with Crippen LogP contribution in [0.4, 0.5) is 0 Å². The maximum absolute atomic E-state index is 4.62. The first-order valence-electron chi connectivity index (χ1n) is 8.14. The van der Waals surface area contributed by atoms with Gasteiger partial charge in [0.1, 0.15) is 0 Å². The fourth-order valence-corrected chi connectivity index (χ4v) is 3.23. The second-order valence-corrected chi connectivity index (χ2v) is 6.29. The summed E-state index contributed by atoms with van der Waals surface area (Å²) in [5.74, 6) is 0.935. The third-order valence-electron chi connectivity index (χ3n) is 3.74. The van der Waals surface area contributed by atoms with Crippen LogP contribution in [-0.4, -0.2) is 43.6 Å². The Balaban J connectivity index is 0.00000242. The van der Waals surface area contributed by atoms with E-state index in [1.165, 1.54) is 50.9 Å². The van der Waals surface area contributed by atoms with Crippen molar-refractivity contribution in [1.29, 1.82) is 0 Å². The summed E-state index contributed by atoms with van der Waals surface area (Å²) in [6, 6.07) is 2.13. The van der Waals surface area contributed by atoms with Crippen molar-refractivity contribution in [3.8, 4) is 0 Å². The largest absolute Gasteiger partial charge is 0.357 e. The van der Waals surface area contributed by atoms with Crippen molar-refractivity contribution in [3.05, 3.63) is 22.4 Å². The van der Waals surface area contributed by atoms with Crippen LogP contribution in [0.5, 0.6) is 0 Å². The number of thiophene rings is 1. The molecular formula is C16H29IN4S. The Labute approximate surface area is 155 Å². The summed E-state index contributed by atoms with van der Waals surface area (Å²) in [4.78, 5) is 7.20. The monoisotopic (exact) mass is 436 g/mol. The van der Waals surface area contributed by atoms with Crippen LogP contribution in [0.1, 0.15) is 38.2 Å². The van der Waals surface area contributed by atoms with Gasteiger partial charge in [0.25, 0.3) is 0 Å². The Morgan fingerprint density at radius 1 is 1.27 bits per heavy atom. The Morgan fingerprint density at radius 3 is 2.77 bits per heavy atom. The topological polar surface area (TPSA) is 39.7 Å². The van der Waals surface area contributed by atoms with Gasteiger partial charge in [0.2, 0.25) is 0 Å². The Hall–Kier alpha value is -0.340. The fourth-order valence-electron chi connectivity index (χ4n) is 2.57. The Bertz CT molecular complexity index is 402. The summed E-state index contributed by atoms with van der Waals surface area (Å²) in [7, 11) is 0. The zero-order chi connectivity index (χ0) is 14.8. The number of nitrogens with one attached hydrogen (secondary N) is 2. The second kappa shape index (κ2) is 12.1. The van der Waals surface area contributed by atoms with Crippen molar-refractivity contribution < 1.29 is 0 Å². The van der Waals surface area contributed by atoms with Gasteiger partial charge in [-0.2, -0.15) is 11.3 Å². The van der Waals surface area contributed by atoms with Crippen LogP contribution in [0.2, 0.25) is 0 Å². The van der Waals surface area contributed by atoms with Crippen LogP contribution in [0, 0.1) is 0 Å². The molecule has 126 valence electrons. The SMILES string of the molecule is CCNC(=NCc1ccsc1)NCCCCN1CCCC1.I. The van der Waals surface area contributed by atoms with E-state index in [4.69, 9.17) is 0 Å². The lowest BCUT2D eigenvalue weighted by atomic mass is 10.3. The van der Waals surface area contributed by atoms with E-state index in [0.29, 0.717) is 0 Å². The highest BCUT2D eigenvalue weighted by atomic mass is 127. The van der Waals surface area contributed by atoms with Gasteiger partial charge in [0.15, 0.2) is 5.96 Å². The van der Waals surface area contributed by atoms with Crippen LogP contribution in [-0.2, 0) is 6.54 Å². The van der Waals surface area contributed by atoms with Crippen LogP contribution in [0.15, 0.2) is 21.8 Å². The summed E-state index contributed by atoms with van der Waals surface area (Å²) in [5.41, 5.74) is 1.28. The summed E-state index contributed by atoms with van der Waals surface area (Å²) < 4.78 is 0. The molecule has 1 saturated heterocycles. The molecule has 2 N–H and O–H groups in total. The van der Waals surface area contributed by atoms with Crippen molar-refractivity contribution >= 4 is 41.3 Å². The molecule has 0 radical (unpaired) electrons. The second-order valence-electron chi connectivity index (χ2n) is 5.51. The minimum Gasteiger partial charge on any atom is -0.357 e. The van der Waals surface area contributed by atoms with Gasteiger partial charge in [0, 0.05) is 13.1 Å². The molecule has 6 heteroatoms. The molecule has 0 amide bonds. The summed E-state index contributed by atoms with van der Waals surface area (Å²) >= 11 is 1.73. The molecule has 2 rings (SSSR count). The molecule has 0 aromatic carbocycles. The first-order chi connectivity index (χ1) is 10.4. The zero-order valence-corrected chi connectivity index (χ0v) is 16.7. The van der Waals surface area contributed by atoms with Gasteiger partial charge in [-0.05, 0) is 74.6 Å². The maximum Gasteiger partial charge on any atom is 0.191 e. The molecule has 22 heavy (non-hydrogen) atoms. The Morgan fingerprint density at radius 2 is 2.09 bits per heavy atom. The van der Waals surface area contributed by atoms with Crippen LogP contribution < -0.4 is 10.6 Å². The van der Waals surface area contributed by atoms with Crippen LogP contribution in [0.25, 0.3) is 0 Å². The summed E-state index contributed by atoms with van der Waals surface area (Å²) in [6.45, 7) is 8.63. The van der Waals surface area contributed by atoms with Crippen LogP contribution in [0.3, 0.4) is 0 Å². The van der Waals surface area contributed by atoms with E-state index in [9.17, 15) is 0 Å². The molecular weight excluding hydrogens is 407 g/mol. The van der Waals surface area contributed by atoms with Gasteiger partial charge in [-0.3, -0.25) is 0 Å². The lowest BCUT2D eigenvalue weighted by Crippen LogP contribution is -2.38. The third-order valence-corrected chi connectivity index (χ3v) is 4.47. The standard InChI is InChI=1S/C16H28N4S.HI/c1-2-17-16(19-13-15-7-12-21-14-15)18-8-3-4-9-20-10-5-6-11-20;/h7,12,14H,2-6,8-11,13H2,1H3,(H2,17,18,19);1H. The van der Waals surface area contributed by atoms with E-state index in [2.05, 4.69) is 44.3 Å². The predicted molar refractivity (Wildman–Crippen MR) is 107 cm³/mol. The summed E-state index contributed by atoms with van der Waals surface area (Å²) in [6.07, 6.45) is 5.26. The van der Waals surface area contributed by atoms with Gasteiger partial charge in [0.05, 0.1) is 6.54 Å². The average molecular weight is 436 g/mol. The van der Waals surface area contributed by atoms with Crippen molar-refractivity contribution in [2.45, 2.75) is 39.2 Å². The quantitative estimate of drug-likeness (QED) is 0.284. The number of hydrogen-bond acceptors (Lipinski definition) is 3. The first-order valence-corrected chi connectivity index (χ1v) is 9.08. The number of nitrogens with zero attached hydrogens (tertiary/aromatic N) is 2. The molecule has 1 aromatic heterocycles. The lowest BCUT2D eigenvalue weighted by Gasteiger charge is -2.15. The number of halogens is 1. The molecule has 0 saturated carbocycles. The van der Waals surface area contributed by atoms with Gasteiger partial charge in [-0.25, -0.2) is 4.99 Å². The van der Waals surface area contributed by atoms with E-state index in [1.54, 1.807) is 11.3 Å². The molecule has 2 heterocycles. The van der Waals surface area contributed by atoms with E-state index < -0.39 is 0 Å². The summed E-state index contributed by atoms with van der Waals surface area (Å²) in [5, 5.41) is 11.0. The van der Waals surface area contributed by atoms with E-state index in [-0.39, 0.29) is 24.0 Å². The third kappa shape index (κ3) is 7.78. The van der Waals surface area contributed by atoms with Crippen molar-refractivity contribution in [3.63, 3.8) is 0 Å². The average Bonchev–Trinajstić information content (AvgIpc) is 3.17. The van der Waals surface area contributed by atoms with Crippen LogP contribution >= 0.6 is 35.3 Å². The zero-order valence-electron chi connectivity index (χ0n) is 13.5. The number of likely N-dealkylation sites (tertiary alicyclic amines) is 1. The molecule has 1 fully saturated rings. The number of guanidine groups is 1. The van der Waals surface area contributed by atoms with Gasteiger partial charge < -0.3 is 15.5 Å². The van der Waals surface area contributed by atoms with Gasteiger partial charge >= 0.3 is 0 Å².